The Morgan fingerprint density at radius 1 is 1.18 bits per heavy atom. The number of nitrogens with one attached hydrogen (secondary N) is 2. The molecule has 0 saturated carbocycles. The highest BCUT2D eigenvalue weighted by atomic mass is 35.5. The summed E-state index contributed by atoms with van der Waals surface area (Å²) in [7, 11) is -0.481. The first kappa shape index (κ1) is 25.3. The number of sulfonamides is 1. The van der Waals surface area contributed by atoms with Crippen molar-refractivity contribution < 1.29 is 22.7 Å². The quantitative estimate of drug-likeness (QED) is 0.676. The van der Waals surface area contributed by atoms with E-state index in [1.54, 1.807) is 31.2 Å². The number of nitrogens with zero attached hydrogens (tertiary/aromatic N) is 1. The van der Waals surface area contributed by atoms with Gasteiger partial charge in [-0.2, -0.15) is 0 Å². The second kappa shape index (κ2) is 10.7. The molecule has 0 saturated heterocycles. The Morgan fingerprint density at radius 2 is 1.88 bits per heavy atom. The molecule has 0 unspecified atom stereocenters. The van der Waals surface area contributed by atoms with Gasteiger partial charge in [-0.15, -0.1) is 0 Å². The third-order valence-corrected chi connectivity index (χ3v) is 7.25. The SMILES string of the molecule is CO[C@H]1CN(C)C(=O)c2ccc(NS(=O)(=O)c3ccc(Cl)cc3)cc2OC[C@@H](C)NC[C@@H]1C. The number of fused-ring (bicyclic) bond motifs is 1. The average Bonchev–Trinajstić information content (AvgIpc) is 2.78. The molecule has 2 N–H and O–H groups in total. The molecule has 0 aromatic heterocycles. The highest BCUT2D eigenvalue weighted by Gasteiger charge is 2.26. The van der Waals surface area contributed by atoms with Crippen molar-refractivity contribution in [3.05, 3.63) is 53.1 Å². The summed E-state index contributed by atoms with van der Waals surface area (Å²) in [4.78, 5) is 14.8. The van der Waals surface area contributed by atoms with Gasteiger partial charge in [0.2, 0.25) is 0 Å². The van der Waals surface area contributed by atoms with Crippen LogP contribution in [0.3, 0.4) is 0 Å². The fourth-order valence-electron chi connectivity index (χ4n) is 3.55. The van der Waals surface area contributed by atoms with E-state index in [1.165, 1.54) is 30.3 Å². The van der Waals surface area contributed by atoms with Crippen molar-refractivity contribution in [2.75, 3.05) is 38.6 Å². The molecule has 2 aromatic carbocycles. The minimum absolute atomic E-state index is 0.0134. The number of halogens is 1. The average molecular weight is 496 g/mol. The summed E-state index contributed by atoms with van der Waals surface area (Å²) in [5, 5.41) is 3.86. The van der Waals surface area contributed by atoms with Crippen LogP contribution < -0.4 is 14.8 Å². The van der Waals surface area contributed by atoms with Crippen molar-refractivity contribution in [1.29, 1.82) is 0 Å². The minimum atomic E-state index is -3.84. The maximum absolute atomic E-state index is 13.2. The molecular formula is C23H30ClN3O5S. The molecule has 1 aliphatic rings. The van der Waals surface area contributed by atoms with Crippen LogP contribution >= 0.6 is 11.6 Å². The molecule has 180 valence electrons. The van der Waals surface area contributed by atoms with Gasteiger partial charge in [-0.25, -0.2) is 8.42 Å². The summed E-state index contributed by atoms with van der Waals surface area (Å²) < 4.78 is 39.6. The molecule has 10 heteroatoms. The number of hydrogen-bond donors (Lipinski definition) is 2. The van der Waals surface area contributed by atoms with Crippen LogP contribution in [0, 0.1) is 5.92 Å². The number of benzene rings is 2. The first-order valence-electron chi connectivity index (χ1n) is 10.7. The zero-order valence-corrected chi connectivity index (χ0v) is 20.7. The van der Waals surface area contributed by atoms with Crippen LogP contribution in [0.5, 0.6) is 5.75 Å². The zero-order chi connectivity index (χ0) is 24.2. The molecule has 3 rings (SSSR count). The Bertz CT molecular complexity index is 1080. The number of amides is 1. The second-order valence-corrected chi connectivity index (χ2v) is 10.4. The maximum Gasteiger partial charge on any atom is 0.261 e. The summed E-state index contributed by atoms with van der Waals surface area (Å²) in [6.07, 6.45) is -0.132. The van der Waals surface area contributed by atoms with E-state index in [2.05, 4.69) is 17.0 Å². The number of likely N-dealkylation sites (N-methyl/N-ethyl adjacent to an activating group) is 1. The molecular weight excluding hydrogens is 466 g/mol. The summed E-state index contributed by atoms with van der Waals surface area (Å²) in [6.45, 7) is 5.49. The number of methoxy groups -OCH3 is 1. The lowest BCUT2D eigenvalue weighted by Crippen LogP contribution is -2.44. The van der Waals surface area contributed by atoms with Gasteiger partial charge >= 0.3 is 0 Å². The number of hydrogen-bond acceptors (Lipinski definition) is 6. The molecule has 3 atom stereocenters. The largest absolute Gasteiger partial charge is 0.491 e. The van der Waals surface area contributed by atoms with E-state index in [9.17, 15) is 13.2 Å². The van der Waals surface area contributed by atoms with Crippen LogP contribution in [0.15, 0.2) is 47.4 Å². The van der Waals surface area contributed by atoms with Crippen molar-refractivity contribution in [2.45, 2.75) is 30.9 Å². The lowest BCUT2D eigenvalue weighted by Gasteiger charge is -2.30. The molecule has 0 spiro atoms. The second-order valence-electron chi connectivity index (χ2n) is 8.33. The molecule has 2 aromatic rings. The van der Waals surface area contributed by atoms with Crippen molar-refractivity contribution in [1.82, 2.24) is 10.2 Å². The van der Waals surface area contributed by atoms with Gasteiger partial charge in [0, 0.05) is 44.4 Å². The van der Waals surface area contributed by atoms with E-state index in [4.69, 9.17) is 21.1 Å². The van der Waals surface area contributed by atoms with E-state index >= 15 is 0 Å². The third-order valence-electron chi connectivity index (χ3n) is 5.60. The predicted octanol–water partition coefficient (Wildman–Crippen LogP) is 3.23. The standard InChI is InChI=1S/C23H30ClN3O5S/c1-15-12-25-16(2)14-32-21-11-18(26-33(29,30)19-8-5-17(24)6-9-19)7-10-20(21)23(28)27(3)13-22(15)31-4/h5-11,15-16,22,25-26H,12-14H2,1-4H3/t15-,16+,22-/m0/s1. The van der Waals surface area contributed by atoms with E-state index in [0.29, 0.717) is 36.0 Å². The molecule has 1 amide bonds. The van der Waals surface area contributed by atoms with Crippen LogP contribution in [0.1, 0.15) is 24.2 Å². The summed E-state index contributed by atoms with van der Waals surface area (Å²) in [5.41, 5.74) is 0.637. The molecule has 1 aliphatic heterocycles. The van der Waals surface area contributed by atoms with Crippen molar-refractivity contribution in [3.8, 4) is 5.75 Å². The van der Waals surface area contributed by atoms with Crippen molar-refractivity contribution in [3.63, 3.8) is 0 Å². The summed E-state index contributed by atoms with van der Waals surface area (Å²) >= 11 is 5.86. The van der Waals surface area contributed by atoms with Crippen LogP contribution in [0.2, 0.25) is 5.02 Å². The van der Waals surface area contributed by atoms with E-state index in [1.807, 2.05) is 6.92 Å². The predicted molar refractivity (Wildman–Crippen MR) is 129 cm³/mol. The minimum Gasteiger partial charge on any atom is -0.491 e. The van der Waals surface area contributed by atoms with E-state index < -0.39 is 10.0 Å². The normalized spacial score (nSPS) is 22.5. The first-order chi connectivity index (χ1) is 15.6. The van der Waals surface area contributed by atoms with Gasteiger partial charge < -0.3 is 19.7 Å². The number of anilines is 1. The molecule has 8 nitrogen and oxygen atoms in total. The van der Waals surface area contributed by atoms with Crippen molar-refractivity contribution >= 4 is 33.2 Å². The Hall–Kier alpha value is -2.33. The Kier molecular flexibility index (Phi) is 8.23. The van der Waals surface area contributed by atoms with Gasteiger partial charge in [0.05, 0.1) is 22.3 Å². The molecule has 0 bridgehead atoms. The molecule has 1 heterocycles. The highest BCUT2D eigenvalue weighted by Crippen LogP contribution is 2.27. The van der Waals surface area contributed by atoms with Crippen molar-refractivity contribution in [2.24, 2.45) is 5.92 Å². The molecule has 33 heavy (non-hydrogen) atoms. The Morgan fingerprint density at radius 3 is 2.55 bits per heavy atom. The summed E-state index contributed by atoms with van der Waals surface area (Å²) in [6, 6.07) is 10.5. The van der Waals surface area contributed by atoms with Gasteiger partial charge in [0.25, 0.3) is 15.9 Å². The topological polar surface area (TPSA) is 97.0 Å². The van der Waals surface area contributed by atoms with Gasteiger partial charge in [-0.3, -0.25) is 9.52 Å². The third kappa shape index (κ3) is 6.38. The summed E-state index contributed by atoms with van der Waals surface area (Å²) in [5.74, 6) is 0.267. The van der Waals surface area contributed by atoms with Gasteiger partial charge in [0.15, 0.2) is 0 Å². The molecule has 0 fully saturated rings. The highest BCUT2D eigenvalue weighted by molar-refractivity contribution is 7.92. The van der Waals surface area contributed by atoms with Gasteiger partial charge in [0.1, 0.15) is 12.4 Å². The first-order valence-corrected chi connectivity index (χ1v) is 12.5. The Labute approximate surface area is 200 Å². The Balaban J connectivity index is 1.91. The number of carbonyl (C=O) groups is 1. The fraction of sp³-hybridized carbons (Fsp3) is 0.435. The van der Waals surface area contributed by atoms with Crippen LogP contribution in [-0.2, 0) is 14.8 Å². The smallest absolute Gasteiger partial charge is 0.261 e. The fourth-order valence-corrected chi connectivity index (χ4v) is 4.72. The van der Waals surface area contributed by atoms with Crippen LogP contribution in [0.4, 0.5) is 5.69 Å². The van der Waals surface area contributed by atoms with Gasteiger partial charge in [-0.05, 0) is 49.2 Å². The molecule has 0 radical (unpaired) electrons. The van der Waals surface area contributed by atoms with E-state index in [-0.39, 0.29) is 34.6 Å². The number of ether oxygens (including phenoxy) is 2. The lowest BCUT2D eigenvalue weighted by molar-refractivity contribution is 0.0281. The lowest BCUT2D eigenvalue weighted by atomic mass is 10.0. The van der Waals surface area contributed by atoms with Crippen LogP contribution in [-0.4, -0.2) is 65.2 Å². The monoisotopic (exact) mass is 495 g/mol. The maximum atomic E-state index is 13.2. The molecule has 0 aliphatic carbocycles. The van der Waals surface area contributed by atoms with Gasteiger partial charge in [-0.1, -0.05) is 18.5 Å². The number of carbonyl (C=O) groups excluding carboxylic acids is 1. The zero-order valence-electron chi connectivity index (χ0n) is 19.2. The van der Waals surface area contributed by atoms with Crippen LogP contribution in [0.25, 0.3) is 0 Å². The van der Waals surface area contributed by atoms with E-state index in [0.717, 1.165) is 0 Å². The number of rotatable bonds is 4.